The summed E-state index contributed by atoms with van der Waals surface area (Å²) in [5.41, 5.74) is 8.54. The number of nitrogens with one attached hydrogen (secondary N) is 1. The molecule has 20 heavy (non-hydrogen) atoms. The van der Waals surface area contributed by atoms with Crippen LogP contribution in [0, 0.1) is 5.92 Å². The van der Waals surface area contributed by atoms with E-state index in [-0.39, 0.29) is 0 Å². The molecule has 0 bridgehead atoms. The number of thiazole rings is 1. The summed E-state index contributed by atoms with van der Waals surface area (Å²) in [5, 5.41) is 4.00. The number of fused-ring (bicyclic) bond motifs is 1. The van der Waals surface area contributed by atoms with Crippen LogP contribution < -0.4 is 11.1 Å². The highest BCUT2D eigenvalue weighted by Gasteiger charge is 2.31. The van der Waals surface area contributed by atoms with E-state index in [1.54, 1.807) is 11.3 Å². The molecule has 3 nitrogen and oxygen atoms in total. The predicted octanol–water partition coefficient (Wildman–Crippen LogP) is 2.83. The van der Waals surface area contributed by atoms with Gasteiger partial charge >= 0.3 is 0 Å². The Hall–Kier alpha value is -1.39. The maximum absolute atomic E-state index is 5.88. The number of aromatic nitrogens is 1. The monoisotopic (exact) mass is 287 g/mol. The number of benzene rings is 1. The van der Waals surface area contributed by atoms with Crippen molar-refractivity contribution < 1.29 is 0 Å². The van der Waals surface area contributed by atoms with Crippen LogP contribution in [0.4, 0.5) is 5.13 Å². The Bertz CT molecular complexity index is 564. The van der Waals surface area contributed by atoms with Gasteiger partial charge in [0.1, 0.15) is 0 Å². The second-order valence-electron chi connectivity index (χ2n) is 5.50. The molecule has 0 saturated carbocycles. The van der Waals surface area contributed by atoms with E-state index in [4.69, 9.17) is 5.73 Å². The summed E-state index contributed by atoms with van der Waals surface area (Å²) < 4.78 is 0. The third-order valence-electron chi connectivity index (χ3n) is 4.22. The normalized spacial score (nSPS) is 21.6. The molecule has 1 aromatic carbocycles. The Labute approximate surface area is 124 Å². The lowest BCUT2D eigenvalue weighted by Gasteiger charge is -2.31. The molecular weight excluding hydrogens is 266 g/mol. The fourth-order valence-corrected chi connectivity index (χ4v) is 4.15. The molecule has 0 spiro atoms. The molecule has 1 heterocycles. The highest BCUT2D eigenvalue weighted by Crippen LogP contribution is 2.40. The first-order chi connectivity index (χ1) is 9.78. The molecule has 0 fully saturated rings. The molecule has 106 valence electrons. The Morgan fingerprint density at radius 1 is 1.30 bits per heavy atom. The Kier molecular flexibility index (Phi) is 4.03. The molecule has 1 aromatic heterocycles. The van der Waals surface area contributed by atoms with Gasteiger partial charge in [-0.1, -0.05) is 30.3 Å². The molecule has 3 N–H and O–H groups in total. The smallest absolute Gasteiger partial charge is 0.180 e. The van der Waals surface area contributed by atoms with Crippen LogP contribution in [0.5, 0.6) is 0 Å². The van der Waals surface area contributed by atoms with Crippen molar-refractivity contribution in [3.8, 4) is 0 Å². The van der Waals surface area contributed by atoms with Crippen molar-refractivity contribution >= 4 is 16.5 Å². The fourth-order valence-electron chi connectivity index (χ4n) is 3.20. The Balaban J connectivity index is 1.89. The van der Waals surface area contributed by atoms with Gasteiger partial charge in [0.25, 0.3) is 0 Å². The van der Waals surface area contributed by atoms with Gasteiger partial charge in [-0.05, 0) is 50.3 Å². The summed E-state index contributed by atoms with van der Waals surface area (Å²) in [6.45, 7) is 1.07. The third-order valence-corrected chi connectivity index (χ3v) is 5.17. The van der Waals surface area contributed by atoms with Gasteiger partial charge in [0.2, 0.25) is 0 Å². The minimum Gasteiger partial charge on any atom is -0.375 e. The zero-order chi connectivity index (χ0) is 13.9. The molecule has 1 aliphatic rings. The van der Waals surface area contributed by atoms with Crippen LogP contribution in [0.2, 0.25) is 0 Å². The van der Waals surface area contributed by atoms with Gasteiger partial charge in [0.05, 0.1) is 5.69 Å². The molecule has 2 atom stereocenters. The first-order valence-electron chi connectivity index (χ1n) is 7.21. The second-order valence-corrected chi connectivity index (χ2v) is 6.61. The van der Waals surface area contributed by atoms with E-state index in [1.807, 2.05) is 7.05 Å². The Morgan fingerprint density at radius 2 is 2.10 bits per heavy atom. The zero-order valence-electron chi connectivity index (χ0n) is 11.8. The van der Waals surface area contributed by atoms with Crippen LogP contribution in [0.1, 0.15) is 28.5 Å². The summed E-state index contributed by atoms with van der Waals surface area (Å²) in [6, 6.07) is 10.8. The van der Waals surface area contributed by atoms with Gasteiger partial charge in [-0.25, -0.2) is 4.98 Å². The largest absolute Gasteiger partial charge is 0.375 e. The van der Waals surface area contributed by atoms with Crippen molar-refractivity contribution in [2.45, 2.75) is 25.2 Å². The first-order valence-corrected chi connectivity index (χ1v) is 8.03. The molecule has 4 heteroatoms. The first kappa shape index (κ1) is 13.6. The molecule has 0 radical (unpaired) electrons. The van der Waals surface area contributed by atoms with E-state index in [1.165, 1.54) is 22.6 Å². The molecule has 2 aromatic rings. The summed E-state index contributed by atoms with van der Waals surface area (Å²) in [6.07, 6.45) is 3.35. The number of anilines is 1. The van der Waals surface area contributed by atoms with Crippen molar-refractivity contribution in [3.63, 3.8) is 0 Å². The van der Waals surface area contributed by atoms with Gasteiger partial charge in [0, 0.05) is 4.88 Å². The summed E-state index contributed by atoms with van der Waals surface area (Å²) in [5.74, 6) is 1.25. The van der Waals surface area contributed by atoms with Crippen molar-refractivity contribution in [1.82, 2.24) is 10.3 Å². The van der Waals surface area contributed by atoms with Gasteiger partial charge in [-0.3, -0.25) is 0 Å². The number of hydrogen-bond donors (Lipinski definition) is 2. The number of rotatable bonds is 4. The average Bonchev–Trinajstić information content (AvgIpc) is 2.84. The third kappa shape index (κ3) is 2.72. The lowest BCUT2D eigenvalue weighted by atomic mass is 9.75. The number of nitrogen functional groups attached to an aromatic ring is 1. The van der Waals surface area contributed by atoms with E-state index in [9.17, 15) is 0 Å². The number of nitrogens with two attached hydrogens (primary N) is 1. The molecule has 0 aliphatic heterocycles. The minimum absolute atomic E-state index is 0.568. The van der Waals surface area contributed by atoms with Crippen LogP contribution in [0.25, 0.3) is 0 Å². The summed E-state index contributed by atoms with van der Waals surface area (Å²) in [4.78, 5) is 5.92. The van der Waals surface area contributed by atoms with E-state index in [0.29, 0.717) is 11.8 Å². The van der Waals surface area contributed by atoms with Crippen molar-refractivity contribution in [1.29, 1.82) is 0 Å². The highest BCUT2D eigenvalue weighted by molar-refractivity contribution is 7.15. The molecular formula is C16H21N3S. The van der Waals surface area contributed by atoms with Gasteiger partial charge < -0.3 is 11.1 Å². The van der Waals surface area contributed by atoms with Crippen LogP contribution in [-0.4, -0.2) is 18.6 Å². The summed E-state index contributed by atoms with van der Waals surface area (Å²) >= 11 is 1.67. The van der Waals surface area contributed by atoms with E-state index in [2.05, 4.69) is 40.6 Å². The molecule has 0 amide bonds. The maximum Gasteiger partial charge on any atom is 0.180 e. The number of hydrogen-bond acceptors (Lipinski definition) is 4. The lowest BCUT2D eigenvalue weighted by Crippen LogP contribution is -2.26. The number of nitrogens with zero attached hydrogens (tertiary/aromatic N) is 1. The fraction of sp³-hybridized carbons (Fsp3) is 0.438. The summed E-state index contributed by atoms with van der Waals surface area (Å²) in [7, 11) is 2.02. The average molecular weight is 287 g/mol. The van der Waals surface area contributed by atoms with Crippen LogP contribution in [0.3, 0.4) is 0 Å². The van der Waals surface area contributed by atoms with Gasteiger partial charge in [0.15, 0.2) is 5.13 Å². The quantitative estimate of drug-likeness (QED) is 0.909. The van der Waals surface area contributed by atoms with E-state index < -0.39 is 0 Å². The highest BCUT2D eigenvalue weighted by atomic mass is 32.1. The van der Waals surface area contributed by atoms with E-state index in [0.717, 1.165) is 24.5 Å². The van der Waals surface area contributed by atoms with Gasteiger partial charge in [-0.15, -0.1) is 11.3 Å². The molecule has 2 unspecified atom stereocenters. The second kappa shape index (κ2) is 5.94. The minimum atomic E-state index is 0.568. The zero-order valence-corrected chi connectivity index (χ0v) is 12.6. The van der Waals surface area contributed by atoms with Crippen LogP contribution in [-0.2, 0) is 12.8 Å². The standard InChI is InChI=1S/C16H21N3S/c1-18-8-7-12-9-15-14(19-16(17)20-15)10-13(12)11-5-3-2-4-6-11/h2-6,12-13,18H,7-10H2,1H3,(H2,17,19). The van der Waals surface area contributed by atoms with Crippen molar-refractivity contribution in [3.05, 3.63) is 46.5 Å². The molecule has 0 saturated heterocycles. The molecule has 3 rings (SSSR count). The van der Waals surface area contributed by atoms with Crippen molar-refractivity contribution in [2.24, 2.45) is 5.92 Å². The molecule has 1 aliphatic carbocycles. The van der Waals surface area contributed by atoms with Gasteiger partial charge in [-0.2, -0.15) is 0 Å². The Morgan fingerprint density at radius 3 is 2.85 bits per heavy atom. The van der Waals surface area contributed by atoms with Crippen LogP contribution in [0.15, 0.2) is 30.3 Å². The topological polar surface area (TPSA) is 50.9 Å². The maximum atomic E-state index is 5.88. The van der Waals surface area contributed by atoms with Crippen molar-refractivity contribution in [2.75, 3.05) is 19.3 Å². The predicted molar refractivity (Wildman–Crippen MR) is 85.2 cm³/mol. The van der Waals surface area contributed by atoms with Crippen LogP contribution >= 0.6 is 11.3 Å². The lowest BCUT2D eigenvalue weighted by molar-refractivity contribution is 0.366. The SMILES string of the molecule is CNCCC1Cc2sc(N)nc2CC1c1ccccc1. The van der Waals surface area contributed by atoms with E-state index >= 15 is 0 Å².